The topological polar surface area (TPSA) is 47.1 Å². The predicted octanol–water partition coefficient (Wildman–Crippen LogP) is 7.61. The summed E-state index contributed by atoms with van der Waals surface area (Å²) in [5.74, 6) is 0.764. The van der Waals surface area contributed by atoms with E-state index in [1.165, 1.54) is 103 Å². The first-order valence-corrected chi connectivity index (χ1v) is 18.4. The number of piperidine rings is 2. The van der Waals surface area contributed by atoms with Crippen molar-refractivity contribution in [1.29, 1.82) is 0 Å². The molecule has 42 heavy (non-hydrogen) atoms. The fourth-order valence-corrected chi connectivity index (χ4v) is 7.00. The van der Waals surface area contributed by atoms with Crippen LogP contribution in [0.2, 0.25) is 0 Å². The van der Waals surface area contributed by atoms with Gasteiger partial charge in [0, 0.05) is 40.3 Å². The van der Waals surface area contributed by atoms with Crippen molar-refractivity contribution in [3.63, 3.8) is 0 Å². The fraction of sp³-hybridized carbons (Fsp3) is 0.944. The highest BCUT2D eigenvalue weighted by Gasteiger charge is 2.30. The van der Waals surface area contributed by atoms with Gasteiger partial charge in [-0.1, -0.05) is 104 Å². The van der Waals surface area contributed by atoms with Crippen LogP contribution in [0.5, 0.6) is 0 Å². The monoisotopic (exact) mass is 591 g/mol. The minimum absolute atomic E-state index is 0.113. The van der Waals surface area contributed by atoms with E-state index in [-0.39, 0.29) is 23.7 Å². The van der Waals surface area contributed by atoms with Crippen molar-refractivity contribution < 1.29 is 9.59 Å². The van der Waals surface area contributed by atoms with Crippen LogP contribution in [0.3, 0.4) is 0 Å². The van der Waals surface area contributed by atoms with E-state index in [2.05, 4.69) is 23.6 Å². The first kappa shape index (κ1) is 37.0. The molecule has 2 heterocycles. The number of likely N-dealkylation sites (N-methyl/N-ethyl adjacent to an activating group) is 2. The van der Waals surface area contributed by atoms with Gasteiger partial charge in [0.1, 0.15) is 0 Å². The highest BCUT2D eigenvalue weighted by Crippen LogP contribution is 2.21. The van der Waals surface area contributed by atoms with Gasteiger partial charge in [-0.2, -0.15) is 0 Å². The summed E-state index contributed by atoms with van der Waals surface area (Å²) in [7, 11) is 3.87. The summed E-state index contributed by atoms with van der Waals surface area (Å²) >= 11 is 0. The summed E-state index contributed by atoms with van der Waals surface area (Å²) < 4.78 is 0. The van der Waals surface area contributed by atoms with Gasteiger partial charge in [0.15, 0.2) is 0 Å². The fourth-order valence-electron chi connectivity index (χ4n) is 7.00. The molecule has 6 nitrogen and oxygen atoms in total. The predicted molar refractivity (Wildman–Crippen MR) is 179 cm³/mol. The van der Waals surface area contributed by atoms with Gasteiger partial charge >= 0.3 is 0 Å². The van der Waals surface area contributed by atoms with Gasteiger partial charge < -0.3 is 19.6 Å². The summed E-state index contributed by atoms with van der Waals surface area (Å²) in [5.41, 5.74) is 0. The molecule has 0 bridgehead atoms. The molecule has 0 aromatic rings. The molecule has 0 aliphatic carbocycles. The zero-order valence-corrected chi connectivity index (χ0v) is 28.6. The van der Waals surface area contributed by atoms with Gasteiger partial charge in [-0.05, 0) is 64.7 Å². The van der Waals surface area contributed by atoms with Crippen LogP contribution in [0.4, 0.5) is 0 Å². The molecule has 2 aliphatic rings. The van der Waals surface area contributed by atoms with Gasteiger partial charge in [0.25, 0.3) is 0 Å². The largest absolute Gasteiger partial charge is 0.344 e. The molecule has 2 saturated heterocycles. The van der Waals surface area contributed by atoms with E-state index >= 15 is 0 Å². The average Bonchev–Trinajstić information content (AvgIpc) is 3.01. The second-order valence-electron chi connectivity index (χ2n) is 13.7. The van der Waals surface area contributed by atoms with Gasteiger partial charge in [0.2, 0.25) is 11.8 Å². The zero-order chi connectivity index (χ0) is 30.4. The van der Waals surface area contributed by atoms with Crippen LogP contribution in [0.1, 0.15) is 142 Å². The molecule has 0 N–H and O–H groups in total. The van der Waals surface area contributed by atoms with Crippen LogP contribution >= 0.6 is 0 Å². The van der Waals surface area contributed by atoms with Gasteiger partial charge in [-0.3, -0.25) is 9.59 Å². The minimum atomic E-state index is 0.113. The highest BCUT2D eigenvalue weighted by atomic mass is 16.2. The van der Waals surface area contributed by atoms with Crippen molar-refractivity contribution >= 4 is 11.8 Å². The van der Waals surface area contributed by atoms with E-state index in [0.717, 1.165) is 65.0 Å². The third-order valence-electron chi connectivity index (χ3n) is 9.89. The standard InChI is InChI=1S/C36H70N4O2/c1-5-7-9-11-13-15-17-19-25-39-27-21-23-33(31-39)35(41)37(3)29-30-38(4)36(42)34-24-22-28-40(32-34)26-20-18-16-14-12-10-8-6-2/h33-34H,5-32H2,1-4H3. The molecule has 2 unspecified atom stereocenters. The number of unbranched alkanes of at least 4 members (excludes halogenated alkanes) is 14. The number of likely N-dealkylation sites (tertiary alicyclic amines) is 2. The SMILES string of the molecule is CCCCCCCCCCN1CCCC(C(=O)N(C)CCN(C)C(=O)C2CCCN(CCCCCCCCCC)C2)C1. The number of carbonyl (C=O) groups is 2. The maximum atomic E-state index is 13.3. The maximum Gasteiger partial charge on any atom is 0.226 e. The number of carbonyl (C=O) groups excluding carboxylic acids is 2. The molecule has 0 saturated carbocycles. The Morgan fingerprint density at radius 2 is 0.881 bits per heavy atom. The smallest absolute Gasteiger partial charge is 0.226 e. The molecule has 246 valence electrons. The Kier molecular flexibility index (Phi) is 20.5. The summed E-state index contributed by atoms with van der Waals surface area (Å²) in [6.45, 7) is 12.2. The summed E-state index contributed by atoms with van der Waals surface area (Å²) in [6.07, 6.45) is 25.8. The average molecular weight is 591 g/mol. The number of hydrogen-bond donors (Lipinski definition) is 0. The van der Waals surface area contributed by atoms with Crippen LogP contribution in [0.25, 0.3) is 0 Å². The van der Waals surface area contributed by atoms with Crippen molar-refractivity contribution in [2.45, 2.75) is 142 Å². The lowest BCUT2D eigenvalue weighted by molar-refractivity contribution is -0.139. The Balaban J connectivity index is 1.61. The molecule has 0 aromatic heterocycles. The first-order chi connectivity index (χ1) is 20.5. The zero-order valence-electron chi connectivity index (χ0n) is 28.6. The van der Waals surface area contributed by atoms with Crippen LogP contribution in [0.15, 0.2) is 0 Å². The van der Waals surface area contributed by atoms with E-state index in [4.69, 9.17) is 0 Å². The van der Waals surface area contributed by atoms with Gasteiger partial charge in [-0.15, -0.1) is 0 Å². The van der Waals surface area contributed by atoms with Crippen LogP contribution in [-0.4, -0.2) is 97.9 Å². The Morgan fingerprint density at radius 1 is 0.548 bits per heavy atom. The highest BCUT2D eigenvalue weighted by molar-refractivity contribution is 5.80. The number of nitrogens with zero attached hydrogens (tertiary/aromatic N) is 4. The van der Waals surface area contributed by atoms with Crippen molar-refractivity contribution in [2.24, 2.45) is 11.8 Å². The van der Waals surface area contributed by atoms with Crippen molar-refractivity contribution in [2.75, 3.05) is 66.5 Å². The molecule has 2 atom stereocenters. The summed E-state index contributed by atoms with van der Waals surface area (Å²) in [6, 6.07) is 0. The lowest BCUT2D eigenvalue weighted by Gasteiger charge is -2.35. The second-order valence-corrected chi connectivity index (χ2v) is 13.7. The normalized spacial score (nSPS) is 20.1. The third kappa shape index (κ3) is 15.5. The first-order valence-electron chi connectivity index (χ1n) is 18.4. The van der Waals surface area contributed by atoms with E-state index in [9.17, 15) is 9.59 Å². The Morgan fingerprint density at radius 3 is 1.24 bits per heavy atom. The molecule has 0 radical (unpaired) electrons. The van der Waals surface area contributed by atoms with Crippen molar-refractivity contribution in [1.82, 2.24) is 19.6 Å². The van der Waals surface area contributed by atoms with Crippen LogP contribution in [-0.2, 0) is 9.59 Å². The molecular weight excluding hydrogens is 520 g/mol. The Bertz CT molecular complexity index is 644. The van der Waals surface area contributed by atoms with E-state index in [0.29, 0.717) is 13.1 Å². The van der Waals surface area contributed by atoms with Gasteiger partial charge in [0.05, 0.1) is 11.8 Å². The molecule has 6 heteroatoms. The Labute approximate surface area is 261 Å². The second kappa shape index (κ2) is 23.3. The van der Waals surface area contributed by atoms with Gasteiger partial charge in [-0.25, -0.2) is 0 Å². The molecular formula is C36H70N4O2. The quantitative estimate of drug-likeness (QED) is 0.115. The van der Waals surface area contributed by atoms with Crippen molar-refractivity contribution in [3.8, 4) is 0 Å². The van der Waals surface area contributed by atoms with E-state index < -0.39 is 0 Å². The molecule has 2 fully saturated rings. The van der Waals surface area contributed by atoms with E-state index in [1.807, 2.05) is 23.9 Å². The molecule has 2 amide bonds. The van der Waals surface area contributed by atoms with Crippen molar-refractivity contribution in [3.05, 3.63) is 0 Å². The van der Waals surface area contributed by atoms with Crippen LogP contribution < -0.4 is 0 Å². The number of rotatable bonds is 23. The third-order valence-corrected chi connectivity index (χ3v) is 9.89. The molecule has 0 spiro atoms. The lowest BCUT2D eigenvalue weighted by atomic mass is 9.96. The van der Waals surface area contributed by atoms with E-state index in [1.54, 1.807) is 0 Å². The molecule has 0 aromatic carbocycles. The number of hydrogen-bond acceptors (Lipinski definition) is 4. The minimum Gasteiger partial charge on any atom is -0.344 e. The summed E-state index contributed by atoms with van der Waals surface area (Å²) in [4.78, 5) is 35.4. The molecule has 2 rings (SSSR count). The maximum absolute atomic E-state index is 13.3. The van der Waals surface area contributed by atoms with Crippen LogP contribution in [0, 0.1) is 11.8 Å². The lowest BCUT2D eigenvalue weighted by Crippen LogP contribution is -2.47. The molecule has 2 aliphatic heterocycles. The number of amides is 2. The Hall–Kier alpha value is -1.14. The summed E-state index contributed by atoms with van der Waals surface area (Å²) in [5, 5.41) is 0.